The molecule has 0 bridgehead atoms. The SMILES string of the molecule is Cc1ccc(C(=O)OCc2cnn(-c3ccccc3)c2)cc1O. The van der Waals surface area contributed by atoms with E-state index in [2.05, 4.69) is 5.10 Å². The van der Waals surface area contributed by atoms with Crippen molar-refractivity contribution in [3.63, 3.8) is 0 Å². The summed E-state index contributed by atoms with van der Waals surface area (Å²) in [5.41, 5.74) is 2.77. The Balaban J connectivity index is 1.65. The summed E-state index contributed by atoms with van der Waals surface area (Å²) < 4.78 is 6.98. The summed E-state index contributed by atoms with van der Waals surface area (Å²) in [6.45, 7) is 1.89. The van der Waals surface area contributed by atoms with Gasteiger partial charge in [0.15, 0.2) is 0 Å². The van der Waals surface area contributed by atoms with Crippen molar-refractivity contribution in [2.45, 2.75) is 13.5 Å². The van der Waals surface area contributed by atoms with Gasteiger partial charge in [0.05, 0.1) is 17.4 Å². The van der Waals surface area contributed by atoms with Crippen molar-refractivity contribution in [3.05, 3.63) is 77.6 Å². The van der Waals surface area contributed by atoms with Crippen molar-refractivity contribution in [3.8, 4) is 11.4 Å². The van der Waals surface area contributed by atoms with Gasteiger partial charge in [-0.05, 0) is 36.8 Å². The molecule has 0 aliphatic rings. The van der Waals surface area contributed by atoms with Crippen molar-refractivity contribution in [2.75, 3.05) is 0 Å². The van der Waals surface area contributed by atoms with Crippen LogP contribution >= 0.6 is 0 Å². The molecule has 0 aliphatic carbocycles. The van der Waals surface area contributed by atoms with Crippen molar-refractivity contribution in [2.24, 2.45) is 0 Å². The molecule has 0 unspecified atom stereocenters. The second-order valence-electron chi connectivity index (χ2n) is 5.21. The molecule has 0 aliphatic heterocycles. The van der Waals surface area contributed by atoms with E-state index in [1.54, 1.807) is 29.9 Å². The molecule has 3 rings (SSSR count). The fourth-order valence-corrected chi connectivity index (χ4v) is 2.13. The number of ether oxygens (including phenoxy) is 1. The molecule has 0 spiro atoms. The molecule has 1 N–H and O–H groups in total. The van der Waals surface area contributed by atoms with E-state index in [0.29, 0.717) is 11.1 Å². The zero-order valence-corrected chi connectivity index (χ0v) is 12.6. The summed E-state index contributed by atoms with van der Waals surface area (Å²) in [7, 11) is 0. The van der Waals surface area contributed by atoms with Gasteiger partial charge < -0.3 is 9.84 Å². The monoisotopic (exact) mass is 308 g/mol. The van der Waals surface area contributed by atoms with Crippen LogP contribution in [0.25, 0.3) is 5.69 Å². The molecule has 5 nitrogen and oxygen atoms in total. The highest BCUT2D eigenvalue weighted by atomic mass is 16.5. The molecule has 0 amide bonds. The Morgan fingerprint density at radius 2 is 2.00 bits per heavy atom. The van der Waals surface area contributed by atoms with Crippen molar-refractivity contribution < 1.29 is 14.6 Å². The number of aryl methyl sites for hydroxylation is 1. The Morgan fingerprint density at radius 3 is 2.74 bits per heavy atom. The van der Waals surface area contributed by atoms with Crippen LogP contribution in [-0.4, -0.2) is 20.9 Å². The van der Waals surface area contributed by atoms with Gasteiger partial charge in [0, 0.05) is 11.8 Å². The Bertz CT molecular complexity index is 825. The zero-order chi connectivity index (χ0) is 16.2. The zero-order valence-electron chi connectivity index (χ0n) is 12.6. The molecule has 1 aromatic heterocycles. The molecule has 0 saturated carbocycles. The van der Waals surface area contributed by atoms with E-state index >= 15 is 0 Å². The summed E-state index contributed by atoms with van der Waals surface area (Å²) >= 11 is 0. The van der Waals surface area contributed by atoms with Gasteiger partial charge in [0.2, 0.25) is 0 Å². The predicted molar refractivity (Wildman–Crippen MR) is 85.5 cm³/mol. The van der Waals surface area contributed by atoms with Gasteiger partial charge in [0.1, 0.15) is 12.4 Å². The summed E-state index contributed by atoms with van der Waals surface area (Å²) in [6, 6.07) is 14.4. The number of para-hydroxylation sites is 1. The molecule has 0 fully saturated rings. The van der Waals surface area contributed by atoms with E-state index in [1.807, 2.05) is 36.5 Å². The van der Waals surface area contributed by atoms with Gasteiger partial charge >= 0.3 is 5.97 Å². The predicted octanol–water partition coefficient (Wildman–Crippen LogP) is 3.24. The quantitative estimate of drug-likeness (QED) is 0.751. The first-order valence-corrected chi connectivity index (χ1v) is 7.19. The van der Waals surface area contributed by atoms with Crippen molar-refractivity contribution in [1.29, 1.82) is 0 Å². The second kappa shape index (κ2) is 6.36. The Morgan fingerprint density at radius 1 is 1.22 bits per heavy atom. The largest absolute Gasteiger partial charge is 0.508 e. The number of carbonyl (C=O) groups excluding carboxylic acids is 1. The van der Waals surface area contributed by atoms with E-state index in [-0.39, 0.29) is 12.4 Å². The number of phenolic OH excluding ortho intramolecular Hbond substituents is 1. The van der Waals surface area contributed by atoms with Gasteiger partial charge in [-0.3, -0.25) is 0 Å². The van der Waals surface area contributed by atoms with Crippen LogP contribution in [0.5, 0.6) is 5.75 Å². The highest BCUT2D eigenvalue weighted by molar-refractivity contribution is 5.90. The fourth-order valence-electron chi connectivity index (χ4n) is 2.13. The van der Waals surface area contributed by atoms with Crippen molar-refractivity contribution >= 4 is 5.97 Å². The lowest BCUT2D eigenvalue weighted by molar-refractivity contribution is 0.0472. The van der Waals surface area contributed by atoms with Gasteiger partial charge in [-0.1, -0.05) is 24.3 Å². The number of esters is 1. The van der Waals surface area contributed by atoms with Crippen LogP contribution in [0, 0.1) is 6.92 Å². The molecule has 0 radical (unpaired) electrons. The number of carbonyl (C=O) groups is 1. The number of phenols is 1. The molecule has 0 atom stereocenters. The average molecular weight is 308 g/mol. The Kier molecular flexibility index (Phi) is 4.10. The third kappa shape index (κ3) is 3.40. The summed E-state index contributed by atoms with van der Waals surface area (Å²) in [5, 5.41) is 13.9. The van der Waals surface area contributed by atoms with Gasteiger partial charge in [0.25, 0.3) is 0 Å². The van der Waals surface area contributed by atoms with Crippen LogP contribution in [0.3, 0.4) is 0 Å². The lowest BCUT2D eigenvalue weighted by Gasteiger charge is -2.05. The molecule has 1 heterocycles. The van der Waals surface area contributed by atoms with Crippen LogP contribution in [0.2, 0.25) is 0 Å². The fraction of sp³-hybridized carbons (Fsp3) is 0.111. The van der Waals surface area contributed by atoms with Crippen LogP contribution in [0.15, 0.2) is 60.9 Å². The second-order valence-corrected chi connectivity index (χ2v) is 5.21. The van der Waals surface area contributed by atoms with E-state index in [0.717, 1.165) is 11.3 Å². The van der Waals surface area contributed by atoms with Gasteiger partial charge in [-0.25, -0.2) is 9.48 Å². The van der Waals surface area contributed by atoms with E-state index in [1.165, 1.54) is 6.07 Å². The molecule has 23 heavy (non-hydrogen) atoms. The highest BCUT2D eigenvalue weighted by Gasteiger charge is 2.10. The molecule has 0 saturated heterocycles. The van der Waals surface area contributed by atoms with E-state index in [9.17, 15) is 9.90 Å². The van der Waals surface area contributed by atoms with Gasteiger partial charge in [-0.2, -0.15) is 5.10 Å². The molecule has 116 valence electrons. The number of aromatic nitrogens is 2. The lowest BCUT2D eigenvalue weighted by Crippen LogP contribution is -2.05. The number of hydrogen-bond acceptors (Lipinski definition) is 4. The third-order valence-electron chi connectivity index (χ3n) is 3.47. The first kappa shape index (κ1) is 14.8. The smallest absolute Gasteiger partial charge is 0.338 e. The maximum atomic E-state index is 12.0. The number of nitrogens with zero attached hydrogens (tertiary/aromatic N) is 2. The van der Waals surface area contributed by atoms with Gasteiger partial charge in [-0.15, -0.1) is 0 Å². The highest BCUT2D eigenvalue weighted by Crippen LogP contribution is 2.18. The van der Waals surface area contributed by atoms with E-state index < -0.39 is 5.97 Å². The number of hydrogen-bond donors (Lipinski definition) is 1. The normalized spacial score (nSPS) is 10.5. The summed E-state index contributed by atoms with van der Waals surface area (Å²) in [5.74, 6) is -0.399. The number of rotatable bonds is 4. The molecule has 3 aromatic rings. The molecule has 5 heteroatoms. The van der Waals surface area contributed by atoms with Crippen LogP contribution < -0.4 is 0 Å². The first-order valence-electron chi connectivity index (χ1n) is 7.19. The Hall–Kier alpha value is -3.08. The van der Waals surface area contributed by atoms with Crippen LogP contribution in [-0.2, 0) is 11.3 Å². The minimum Gasteiger partial charge on any atom is -0.508 e. The minimum absolute atomic E-state index is 0.0800. The number of benzene rings is 2. The topological polar surface area (TPSA) is 64.3 Å². The van der Waals surface area contributed by atoms with E-state index in [4.69, 9.17) is 4.74 Å². The Labute approximate surface area is 133 Å². The average Bonchev–Trinajstić information content (AvgIpc) is 3.05. The van der Waals surface area contributed by atoms with Crippen molar-refractivity contribution in [1.82, 2.24) is 9.78 Å². The van der Waals surface area contributed by atoms with Crippen LogP contribution in [0.4, 0.5) is 0 Å². The van der Waals surface area contributed by atoms with Crippen LogP contribution in [0.1, 0.15) is 21.5 Å². The maximum absolute atomic E-state index is 12.0. The number of aromatic hydroxyl groups is 1. The standard InChI is InChI=1S/C18H16N2O3/c1-13-7-8-15(9-17(13)21)18(22)23-12-14-10-19-20(11-14)16-5-3-2-4-6-16/h2-11,21H,12H2,1H3. The molecule has 2 aromatic carbocycles. The maximum Gasteiger partial charge on any atom is 0.338 e. The third-order valence-corrected chi connectivity index (χ3v) is 3.47. The first-order chi connectivity index (χ1) is 11.1. The molecular formula is C18H16N2O3. The summed E-state index contributed by atoms with van der Waals surface area (Å²) in [4.78, 5) is 12.0. The molecular weight excluding hydrogens is 292 g/mol. The minimum atomic E-state index is -0.479. The summed E-state index contributed by atoms with van der Waals surface area (Å²) in [6.07, 6.45) is 3.47. The lowest BCUT2D eigenvalue weighted by atomic mass is 10.1.